The van der Waals surface area contributed by atoms with Gasteiger partial charge in [0.15, 0.2) is 6.61 Å². The summed E-state index contributed by atoms with van der Waals surface area (Å²) >= 11 is 0. The molecule has 1 aliphatic heterocycles. The van der Waals surface area contributed by atoms with Crippen LogP contribution in [0.3, 0.4) is 0 Å². The highest BCUT2D eigenvalue weighted by Gasteiger charge is 2.33. The van der Waals surface area contributed by atoms with Crippen molar-refractivity contribution in [2.24, 2.45) is 0 Å². The zero-order chi connectivity index (χ0) is 23.4. The van der Waals surface area contributed by atoms with E-state index >= 15 is 0 Å². The molecule has 0 radical (unpaired) electrons. The maximum Gasteiger partial charge on any atom is 0.260 e. The molecule has 1 aliphatic rings. The van der Waals surface area contributed by atoms with E-state index in [0.29, 0.717) is 24.5 Å². The largest absolute Gasteiger partial charge is 0.484 e. The van der Waals surface area contributed by atoms with Crippen LogP contribution in [0.4, 0.5) is 10.2 Å². The third-order valence-corrected chi connectivity index (χ3v) is 5.42. The van der Waals surface area contributed by atoms with Gasteiger partial charge in [0.05, 0.1) is 12.2 Å². The normalized spacial score (nSPS) is 15.9. The number of carbonyl (C=O) groups excluding carboxylic acids is 2. The Hall–Kier alpha value is -3.23. The number of halogens is 1. The van der Waals surface area contributed by atoms with Crippen molar-refractivity contribution in [3.05, 3.63) is 47.7 Å². The second kappa shape index (κ2) is 9.93. The first-order chi connectivity index (χ1) is 15.1. The number of likely N-dealkylation sites (tertiary alicyclic amines) is 1. The molecule has 0 aliphatic carbocycles. The lowest BCUT2D eigenvalue weighted by Crippen LogP contribution is -2.32. The van der Waals surface area contributed by atoms with Gasteiger partial charge in [0.1, 0.15) is 23.2 Å². The average molecular weight is 444 g/mol. The summed E-state index contributed by atoms with van der Waals surface area (Å²) in [5, 5.41) is 0. The molecule has 3 rings (SSSR count). The van der Waals surface area contributed by atoms with Crippen LogP contribution in [0.15, 0.2) is 30.3 Å². The molecular weight excluding hydrogens is 413 g/mol. The van der Waals surface area contributed by atoms with Crippen LogP contribution in [-0.4, -0.2) is 71.9 Å². The van der Waals surface area contributed by atoms with E-state index in [2.05, 4.69) is 9.97 Å². The van der Waals surface area contributed by atoms with Gasteiger partial charge in [0.25, 0.3) is 5.91 Å². The molecule has 2 heterocycles. The number of amides is 2. The van der Waals surface area contributed by atoms with E-state index in [0.717, 1.165) is 11.5 Å². The number of anilines is 1. The van der Waals surface area contributed by atoms with E-state index in [1.54, 1.807) is 7.05 Å². The van der Waals surface area contributed by atoms with Gasteiger partial charge in [-0.1, -0.05) is 0 Å². The molecule has 1 saturated heterocycles. The second-order valence-corrected chi connectivity index (χ2v) is 8.49. The number of hydrogen-bond acceptors (Lipinski definition) is 6. The molecular formula is C23H30FN5O3. The van der Waals surface area contributed by atoms with Gasteiger partial charge in [-0.2, -0.15) is 0 Å². The first-order valence-corrected chi connectivity index (χ1v) is 10.6. The molecule has 8 nitrogen and oxygen atoms in total. The van der Waals surface area contributed by atoms with E-state index in [1.807, 2.05) is 43.8 Å². The second-order valence-electron chi connectivity index (χ2n) is 8.49. The molecule has 2 amide bonds. The van der Waals surface area contributed by atoms with Gasteiger partial charge < -0.3 is 19.4 Å². The van der Waals surface area contributed by atoms with Gasteiger partial charge >= 0.3 is 0 Å². The van der Waals surface area contributed by atoms with Crippen molar-refractivity contribution < 1.29 is 18.7 Å². The summed E-state index contributed by atoms with van der Waals surface area (Å²) in [5.74, 6) is 1.15. The zero-order valence-corrected chi connectivity index (χ0v) is 19.2. The lowest BCUT2D eigenvalue weighted by Gasteiger charge is -2.22. The number of nitrogens with zero attached hydrogens (tertiary/aromatic N) is 5. The maximum atomic E-state index is 13.0. The Morgan fingerprint density at radius 1 is 1.22 bits per heavy atom. The smallest absolute Gasteiger partial charge is 0.260 e. The standard InChI is InChI=1S/C23H30FN5O3/c1-15(2)29-12-16(10-22(29)30)19-11-21(27(3)4)26-20(25-19)13-28(5)23(31)14-32-18-8-6-17(24)7-9-18/h6-9,11,15-16H,10,12-14H2,1-5H3/t16-/m1/s1. The first kappa shape index (κ1) is 23.4. The summed E-state index contributed by atoms with van der Waals surface area (Å²) in [6.45, 7) is 4.66. The Labute approximate surface area is 188 Å². The number of aromatic nitrogens is 2. The van der Waals surface area contributed by atoms with Gasteiger partial charge in [-0.15, -0.1) is 0 Å². The molecule has 1 aromatic heterocycles. The molecule has 0 unspecified atom stereocenters. The molecule has 0 spiro atoms. The van der Waals surface area contributed by atoms with Crippen LogP contribution < -0.4 is 9.64 Å². The van der Waals surface area contributed by atoms with Crippen molar-refractivity contribution in [2.45, 2.75) is 38.8 Å². The molecule has 0 bridgehead atoms. The fourth-order valence-corrected chi connectivity index (χ4v) is 3.53. The zero-order valence-electron chi connectivity index (χ0n) is 19.2. The average Bonchev–Trinajstić information content (AvgIpc) is 3.15. The van der Waals surface area contributed by atoms with Gasteiger partial charge in [0.2, 0.25) is 5.91 Å². The van der Waals surface area contributed by atoms with Gasteiger partial charge in [-0.3, -0.25) is 9.59 Å². The van der Waals surface area contributed by atoms with E-state index in [9.17, 15) is 14.0 Å². The van der Waals surface area contributed by atoms with Gasteiger partial charge in [-0.25, -0.2) is 14.4 Å². The summed E-state index contributed by atoms with van der Waals surface area (Å²) in [6, 6.07) is 7.56. The molecule has 2 aromatic rings. The van der Waals surface area contributed by atoms with E-state index < -0.39 is 0 Å². The minimum absolute atomic E-state index is 0.00633. The third kappa shape index (κ3) is 5.72. The highest BCUT2D eigenvalue weighted by Crippen LogP contribution is 2.30. The summed E-state index contributed by atoms with van der Waals surface area (Å²) in [5.41, 5.74) is 0.804. The SMILES string of the molecule is CC(C)N1C[C@H](c2cc(N(C)C)nc(CN(C)C(=O)COc3ccc(F)cc3)n2)CC1=O. The maximum absolute atomic E-state index is 13.0. The van der Waals surface area contributed by atoms with Crippen LogP contribution in [0.25, 0.3) is 0 Å². The number of likely N-dealkylation sites (N-methyl/N-ethyl adjacent to an activating group) is 1. The van der Waals surface area contributed by atoms with Crippen LogP contribution in [0.5, 0.6) is 5.75 Å². The van der Waals surface area contributed by atoms with Crippen LogP contribution >= 0.6 is 0 Å². The predicted octanol–water partition coefficient (Wildman–Crippen LogP) is 2.44. The quantitative estimate of drug-likeness (QED) is 0.624. The van der Waals surface area contributed by atoms with Crippen molar-refractivity contribution in [3.8, 4) is 5.75 Å². The van der Waals surface area contributed by atoms with E-state index in [4.69, 9.17) is 4.74 Å². The highest BCUT2D eigenvalue weighted by molar-refractivity contribution is 5.80. The van der Waals surface area contributed by atoms with Crippen LogP contribution in [0.2, 0.25) is 0 Å². The monoisotopic (exact) mass is 443 g/mol. The molecule has 1 aromatic carbocycles. The summed E-state index contributed by atoms with van der Waals surface area (Å²) < 4.78 is 18.4. The fraction of sp³-hybridized carbons (Fsp3) is 0.478. The third-order valence-electron chi connectivity index (χ3n) is 5.42. The molecule has 1 fully saturated rings. The van der Waals surface area contributed by atoms with Crippen LogP contribution in [0, 0.1) is 5.82 Å². The lowest BCUT2D eigenvalue weighted by molar-refractivity contribution is -0.132. The van der Waals surface area contributed by atoms with E-state index in [1.165, 1.54) is 29.2 Å². The Bertz CT molecular complexity index is 965. The number of hydrogen-bond donors (Lipinski definition) is 0. The summed E-state index contributed by atoms with van der Waals surface area (Å²) in [7, 11) is 5.43. The fourth-order valence-electron chi connectivity index (χ4n) is 3.53. The highest BCUT2D eigenvalue weighted by atomic mass is 19.1. The van der Waals surface area contributed by atoms with E-state index in [-0.39, 0.29) is 42.7 Å². The minimum atomic E-state index is -0.366. The number of rotatable bonds is 8. The number of ether oxygens (including phenoxy) is 1. The Morgan fingerprint density at radius 3 is 2.50 bits per heavy atom. The van der Waals surface area contributed by atoms with Gasteiger partial charge in [-0.05, 0) is 38.1 Å². The molecule has 1 atom stereocenters. The molecule has 9 heteroatoms. The minimum Gasteiger partial charge on any atom is -0.484 e. The topological polar surface area (TPSA) is 78.9 Å². The van der Waals surface area contributed by atoms with Crippen molar-refractivity contribution in [2.75, 3.05) is 39.2 Å². The van der Waals surface area contributed by atoms with Crippen molar-refractivity contribution in [3.63, 3.8) is 0 Å². The lowest BCUT2D eigenvalue weighted by atomic mass is 10.0. The Kier molecular flexibility index (Phi) is 7.27. The van der Waals surface area contributed by atoms with Crippen molar-refractivity contribution in [1.82, 2.24) is 19.8 Å². The number of carbonyl (C=O) groups is 2. The van der Waals surface area contributed by atoms with Crippen molar-refractivity contribution in [1.29, 1.82) is 0 Å². The van der Waals surface area contributed by atoms with Crippen LogP contribution in [0.1, 0.15) is 37.7 Å². The molecule has 32 heavy (non-hydrogen) atoms. The Morgan fingerprint density at radius 2 is 1.91 bits per heavy atom. The summed E-state index contributed by atoms with van der Waals surface area (Å²) in [4.78, 5) is 39.4. The number of benzene rings is 1. The first-order valence-electron chi connectivity index (χ1n) is 10.6. The van der Waals surface area contributed by atoms with Crippen molar-refractivity contribution >= 4 is 17.6 Å². The molecule has 0 N–H and O–H groups in total. The van der Waals surface area contributed by atoms with Gasteiger partial charge in [0, 0.05) is 52.1 Å². The molecule has 0 saturated carbocycles. The van der Waals surface area contributed by atoms with Crippen LogP contribution in [-0.2, 0) is 16.1 Å². The summed E-state index contributed by atoms with van der Waals surface area (Å²) in [6.07, 6.45) is 0.418. The molecule has 172 valence electrons. The Balaban J connectivity index is 1.70. The predicted molar refractivity (Wildman–Crippen MR) is 119 cm³/mol.